The summed E-state index contributed by atoms with van der Waals surface area (Å²) in [7, 11) is 1.55. The average Bonchev–Trinajstić information content (AvgIpc) is 3.10. The Kier molecular flexibility index (Phi) is 4.49. The minimum absolute atomic E-state index is 0.0267. The zero-order valence-electron chi connectivity index (χ0n) is 15.4. The van der Waals surface area contributed by atoms with E-state index in [-0.39, 0.29) is 22.4 Å². The van der Waals surface area contributed by atoms with Gasteiger partial charge in [0.2, 0.25) is 0 Å². The van der Waals surface area contributed by atoms with Crippen molar-refractivity contribution in [2.24, 2.45) is 0 Å². The normalized spacial score (nSPS) is 15.0. The largest absolute Gasteiger partial charge is 0.416 e. The number of nitrogens with zero attached hydrogens (tertiary/aromatic N) is 2. The molecule has 0 aliphatic carbocycles. The van der Waals surface area contributed by atoms with Gasteiger partial charge in [-0.25, -0.2) is 4.98 Å². The smallest absolute Gasteiger partial charge is 0.355 e. The number of nitrogens with one attached hydrogen (secondary N) is 1. The first-order chi connectivity index (χ1) is 13.8. The molecule has 1 amide bonds. The highest BCUT2D eigenvalue weighted by molar-refractivity contribution is 5.94. The Balaban J connectivity index is 1.78. The number of benzene rings is 2. The summed E-state index contributed by atoms with van der Waals surface area (Å²) in [5, 5.41) is 2.71. The Bertz CT molecular complexity index is 1210. The lowest BCUT2D eigenvalue weighted by molar-refractivity contribution is -0.137. The number of aromatic nitrogens is 2. The number of hydrogen-bond acceptors (Lipinski definition) is 3. The Morgan fingerprint density at radius 3 is 2.55 bits per heavy atom. The zero-order chi connectivity index (χ0) is 20.8. The van der Waals surface area contributed by atoms with Gasteiger partial charge in [-0.15, -0.1) is 0 Å². The lowest BCUT2D eigenvalue weighted by Gasteiger charge is -2.09. The number of carbonyl (C=O) groups is 1. The molecule has 0 saturated heterocycles. The van der Waals surface area contributed by atoms with Crippen molar-refractivity contribution in [3.63, 3.8) is 0 Å². The Morgan fingerprint density at radius 2 is 1.90 bits per heavy atom. The van der Waals surface area contributed by atoms with E-state index in [4.69, 9.17) is 0 Å². The van der Waals surface area contributed by atoms with Crippen LogP contribution in [0, 0.1) is 0 Å². The number of hydrogen-bond donors (Lipinski definition) is 1. The van der Waals surface area contributed by atoms with E-state index in [0.29, 0.717) is 24.4 Å². The predicted molar refractivity (Wildman–Crippen MR) is 103 cm³/mol. The average molecular weight is 399 g/mol. The van der Waals surface area contributed by atoms with E-state index in [1.165, 1.54) is 10.6 Å². The summed E-state index contributed by atoms with van der Waals surface area (Å²) in [4.78, 5) is 28.7. The fraction of sp³-hybridized carbons (Fsp3) is 0.190. The molecule has 5 nitrogen and oxygen atoms in total. The number of rotatable bonds is 2. The summed E-state index contributed by atoms with van der Waals surface area (Å²) in [5.41, 5.74) is 0.918. The molecule has 0 saturated carbocycles. The first kappa shape index (κ1) is 18.9. The van der Waals surface area contributed by atoms with Gasteiger partial charge in [0, 0.05) is 19.2 Å². The molecule has 0 spiro atoms. The second-order valence-electron chi connectivity index (χ2n) is 6.74. The molecule has 0 unspecified atom stereocenters. The van der Waals surface area contributed by atoms with Gasteiger partial charge in [-0.1, -0.05) is 12.1 Å². The number of halogens is 3. The van der Waals surface area contributed by atoms with Crippen molar-refractivity contribution in [2.75, 3.05) is 7.05 Å². The lowest BCUT2D eigenvalue weighted by atomic mass is 10.1. The predicted octanol–water partition coefficient (Wildman–Crippen LogP) is 3.72. The van der Waals surface area contributed by atoms with Crippen molar-refractivity contribution in [1.82, 2.24) is 14.9 Å². The van der Waals surface area contributed by atoms with Gasteiger partial charge in [0.15, 0.2) is 0 Å². The summed E-state index contributed by atoms with van der Waals surface area (Å²) in [6.45, 7) is 0.417. The second-order valence-corrected chi connectivity index (χ2v) is 6.74. The van der Waals surface area contributed by atoms with Crippen molar-refractivity contribution >= 4 is 28.5 Å². The molecule has 0 radical (unpaired) electrons. The number of amides is 1. The van der Waals surface area contributed by atoms with Crippen LogP contribution in [-0.4, -0.2) is 22.5 Å². The molecule has 0 fully saturated rings. The number of alkyl halides is 3. The van der Waals surface area contributed by atoms with Crippen LogP contribution in [0.2, 0.25) is 0 Å². The number of fused-ring (bicyclic) bond motifs is 2. The first-order valence-corrected chi connectivity index (χ1v) is 8.93. The van der Waals surface area contributed by atoms with Crippen molar-refractivity contribution < 1.29 is 18.0 Å². The van der Waals surface area contributed by atoms with Gasteiger partial charge in [0.1, 0.15) is 5.82 Å². The van der Waals surface area contributed by atoms with E-state index in [1.54, 1.807) is 31.3 Å². The van der Waals surface area contributed by atoms with Gasteiger partial charge < -0.3 is 5.32 Å². The fourth-order valence-corrected chi connectivity index (χ4v) is 3.41. The van der Waals surface area contributed by atoms with Gasteiger partial charge >= 0.3 is 6.18 Å². The molecule has 2 aromatic carbocycles. The van der Waals surface area contributed by atoms with Crippen LogP contribution in [0.5, 0.6) is 0 Å². The summed E-state index contributed by atoms with van der Waals surface area (Å²) in [5.74, 6) is 0.174. The summed E-state index contributed by atoms with van der Waals surface area (Å²) in [6.07, 6.45) is -2.13. The highest BCUT2D eigenvalue weighted by Crippen LogP contribution is 2.32. The molecular formula is C21H16F3N3O2. The van der Waals surface area contributed by atoms with Gasteiger partial charge in [0.25, 0.3) is 11.5 Å². The second kappa shape index (κ2) is 6.88. The first-order valence-electron chi connectivity index (χ1n) is 8.93. The number of carbonyl (C=O) groups excluding carboxylic acids is 1. The Morgan fingerprint density at radius 1 is 1.17 bits per heavy atom. The molecule has 3 aromatic rings. The summed E-state index contributed by atoms with van der Waals surface area (Å²) >= 11 is 0. The topological polar surface area (TPSA) is 64.0 Å². The van der Waals surface area contributed by atoms with Gasteiger partial charge in [-0.3, -0.25) is 14.2 Å². The molecule has 148 valence electrons. The quantitative estimate of drug-likeness (QED) is 0.715. The minimum atomic E-state index is -4.50. The third-order valence-corrected chi connectivity index (χ3v) is 4.92. The van der Waals surface area contributed by atoms with E-state index in [1.807, 2.05) is 6.08 Å². The molecule has 0 atom stereocenters. The monoisotopic (exact) mass is 399 g/mol. The molecule has 4 rings (SSSR count). The van der Waals surface area contributed by atoms with Crippen molar-refractivity contribution in [2.45, 2.75) is 19.1 Å². The van der Waals surface area contributed by atoms with Crippen LogP contribution < -0.4 is 10.9 Å². The molecule has 1 aliphatic heterocycles. The van der Waals surface area contributed by atoms with Crippen LogP contribution in [-0.2, 0) is 12.7 Å². The highest BCUT2D eigenvalue weighted by atomic mass is 19.4. The van der Waals surface area contributed by atoms with Gasteiger partial charge in [-0.2, -0.15) is 13.2 Å². The van der Waals surface area contributed by atoms with Crippen LogP contribution in [0.25, 0.3) is 22.6 Å². The maximum absolute atomic E-state index is 13.0. The van der Waals surface area contributed by atoms with Crippen molar-refractivity contribution in [3.8, 4) is 0 Å². The molecule has 8 heteroatoms. The van der Waals surface area contributed by atoms with E-state index < -0.39 is 11.7 Å². The maximum atomic E-state index is 13.0. The molecular weight excluding hydrogens is 383 g/mol. The molecule has 1 aromatic heterocycles. The van der Waals surface area contributed by atoms with E-state index in [0.717, 1.165) is 23.3 Å². The third-order valence-electron chi connectivity index (χ3n) is 4.92. The van der Waals surface area contributed by atoms with E-state index >= 15 is 0 Å². The fourth-order valence-electron chi connectivity index (χ4n) is 3.41. The lowest BCUT2D eigenvalue weighted by Crippen LogP contribution is -2.21. The summed E-state index contributed by atoms with van der Waals surface area (Å²) < 4.78 is 40.5. The van der Waals surface area contributed by atoms with E-state index in [2.05, 4.69) is 10.3 Å². The standard InChI is InChI=1S/C21H16F3N3O2/c1-25-19(28)13-4-2-12(3-5-13)10-14-8-9-27-18(14)26-17-11-15(21(22,23)24)6-7-16(17)20(27)29/h2-7,10-11H,8-9H2,1H3,(H,25,28)/b14-10+. The summed E-state index contributed by atoms with van der Waals surface area (Å²) in [6, 6.07) is 9.87. The maximum Gasteiger partial charge on any atom is 0.416 e. The zero-order valence-corrected chi connectivity index (χ0v) is 15.4. The molecule has 1 aliphatic rings. The SMILES string of the molecule is CNC(=O)c1ccc(/C=C2\CCn3c2nc2cc(C(F)(F)F)ccc2c3=O)cc1. The van der Waals surface area contributed by atoms with Crippen LogP contribution in [0.3, 0.4) is 0 Å². The Labute approximate surface area is 163 Å². The van der Waals surface area contributed by atoms with Crippen molar-refractivity contribution in [3.05, 3.63) is 75.3 Å². The Hall–Kier alpha value is -3.42. The molecule has 1 N–H and O–H groups in total. The van der Waals surface area contributed by atoms with Crippen molar-refractivity contribution in [1.29, 1.82) is 0 Å². The molecule has 2 heterocycles. The van der Waals surface area contributed by atoms with Crippen LogP contribution in [0.15, 0.2) is 47.3 Å². The highest BCUT2D eigenvalue weighted by Gasteiger charge is 2.31. The minimum Gasteiger partial charge on any atom is -0.355 e. The molecule has 29 heavy (non-hydrogen) atoms. The van der Waals surface area contributed by atoms with Crippen LogP contribution in [0.4, 0.5) is 13.2 Å². The van der Waals surface area contributed by atoms with Crippen LogP contribution in [0.1, 0.15) is 33.7 Å². The van der Waals surface area contributed by atoms with E-state index in [9.17, 15) is 22.8 Å². The number of allylic oxidation sites excluding steroid dienone is 1. The van der Waals surface area contributed by atoms with Crippen LogP contribution >= 0.6 is 0 Å². The van der Waals surface area contributed by atoms with Gasteiger partial charge in [-0.05, 0) is 54.0 Å². The van der Waals surface area contributed by atoms with Gasteiger partial charge in [0.05, 0.1) is 16.5 Å². The third kappa shape index (κ3) is 3.41. The molecule has 0 bridgehead atoms.